The molecule has 3 nitrogen and oxygen atoms in total. The molecular formula is C21H20F2N2O. The lowest BCUT2D eigenvalue weighted by molar-refractivity contribution is -0.120. The maximum absolute atomic E-state index is 13.7. The van der Waals surface area contributed by atoms with Crippen LogP contribution < -0.4 is 5.32 Å². The zero-order valence-electron chi connectivity index (χ0n) is 14.7. The number of anilines is 1. The normalized spacial score (nSPS) is 12.3. The lowest BCUT2D eigenvalue weighted by Gasteiger charge is -2.24. The number of hydrogen-bond acceptors (Lipinski definition) is 2. The Morgan fingerprint density at radius 2 is 1.65 bits per heavy atom. The number of likely N-dealkylation sites (N-methyl/N-ethyl adjacent to an activating group) is 1. The van der Waals surface area contributed by atoms with Gasteiger partial charge < -0.3 is 5.32 Å². The molecular weight excluding hydrogens is 334 g/mol. The Labute approximate surface area is 151 Å². The molecule has 3 aromatic carbocycles. The summed E-state index contributed by atoms with van der Waals surface area (Å²) < 4.78 is 27.4. The first-order chi connectivity index (χ1) is 12.5. The summed E-state index contributed by atoms with van der Waals surface area (Å²) in [5.74, 6) is -2.04. The smallest absolute Gasteiger partial charge is 0.241 e. The molecule has 0 aliphatic heterocycles. The highest BCUT2D eigenvalue weighted by Gasteiger charge is 2.21. The fraction of sp³-hybridized carbons (Fsp3) is 0.190. The van der Waals surface area contributed by atoms with Gasteiger partial charge in [0.05, 0.1) is 6.04 Å². The molecule has 26 heavy (non-hydrogen) atoms. The first-order valence-corrected chi connectivity index (χ1v) is 8.38. The van der Waals surface area contributed by atoms with Gasteiger partial charge in [-0.1, -0.05) is 42.5 Å². The number of rotatable bonds is 5. The van der Waals surface area contributed by atoms with E-state index in [1.165, 1.54) is 6.07 Å². The third kappa shape index (κ3) is 3.89. The molecule has 1 N–H and O–H groups in total. The van der Waals surface area contributed by atoms with Crippen molar-refractivity contribution in [2.24, 2.45) is 0 Å². The van der Waals surface area contributed by atoms with Crippen LogP contribution in [-0.2, 0) is 11.3 Å². The fourth-order valence-corrected chi connectivity index (χ4v) is 2.81. The molecule has 0 saturated carbocycles. The van der Waals surface area contributed by atoms with Gasteiger partial charge in [0, 0.05) is 6.54 Å². The molecule has 3 aromatic rings. The number of fused-ring (bicyclic) bond motifs is 1. The van der Waals surface area contributed by atoms with Gasteiger partial charge in [0.15, 0.2) is 0 Å². The molecule has 1 unspecified atom stereocenters. The van der Waals surface area contributed by atoms with Crippen molar-refractivity contribution in [2.75, 3.05) is 12.4 Å². The van der Waals surface area contributed by atoms with Crippen molar-refractivity contribution in [2.45, 2.75) is 19.5 Å². The van der Waals surface area contributed by atoms with Gasteiger partial charge >= 0.3 is 0 Å². The molecule has 0 fully saturated rings. The van der Waals surface area contributed by atoms with Crippen molar-refractivity contribution >= 4 is 22.4 Å². The second kappa shape index (κ2) is 7.62. The number of nitrogens with one attached hydrogen (secondary N) is 1. The van der Waals surface area contributed by atoms with Gasteiger partial charge in [-0.3, -0.25) is 9.69 Å². The van der Waals surface area contributed by atoms with Crippen molar-refractivity contribution in [1.82, 2.24) is 4.90 Å². The molecule has 0 radical (unpaired) electrons. The van der Waals surface area contributed by atoms with E-state index in [0.29, 0.717) is 6.54 Å². The SMILES string of the molecule is CC(C(=O)Nc1c(F)cccc1F)N(C)Cc1ccc2ccccc2c1. The van der Waals surface area contributed by atoms with Crippen LogP contribution in [-0.4, -0.2) is 23.9 Å². The summed E-state index contributed by atoms with van der Waals surface area (Å²) in [5.41, 5.74) is 0.645. The predicted octanol–water partition coefficient (Wildman–Crippen LogP) is 4.58. The van der Waals surface area contributed by atoms with Crippen molar-refractivity contribution < 1.29 is 13.6 Å². The summed E-state index contributed by atoms with van der Waals surface area (Å²) in [7, 11) is 1.80. The minimum atomic E-state index is -0.789. The van der Waals surface area contributed by atoms with E-state index < -0.39 is 29.3 Å². The molecule has 0 spiro atoms. The number of carbonyl (C=O) groups is 1. The van der Waals surface area contributed by atoms with E-state index >= 15 is 0 Å². The Hall–Kier alpha value is -2.79. The molecule has 0 aliphatic carbocycles. The van der Waals surface area contributed by atoms with E-state index in [9.17, 15) is 13.6 Å². The van der Waals surface area contributed by atoms with Gasteiger partial charge in [-0.05, 0) is 48.5 Å². The minimum Gasteiger partial charge on any atom is -0.320 e. The van der Waals surface area contributed by atoms with Gasteiger partial charge in [0.1, 0.15) is 17.3 Å². The maximum Gasteiger partial charge on any atom is 0.241 e. The summed E-state index contributed by atoms with van der Waals surface area (Å²) in [6.45, 7) is 2.24. The van der Waals surface area contributed by atoms with E-state index in [-0.39, 0.29) is 0 Å². The molecule has 0 heterocycles. The molecule has 5 heteroatoms. The van der Waals surface area contributed by atoms with E-state index in [1.807, 2.05) is 41.3 Å². The highest BCUT2D eigenvalue weighted by Crippen LogP contribution is 2.20. The highest BCUT2D eigenvalue weighted by molar-refractivity contribution is 5.94. The number of para-hydroxylation sites is 1. The largest absolute Gasteiger partial charge is 0.320 e. The number of amides is 1. The third-order valence-electron chi connectivity index (χ3n) is 4.50. The molecule has 0 aliphatic rings. The van der Waals surface area contributed by atoms with Crippen LogP contribution in [0.3, 0.4) is 0 Å². The van der Waals surface area contributed by atoms with Gasteiger partial charge in [0.2, 0.25) is 5.91 Å². The minimum absolute atomic E-state index is 0.413. The van der Waals surface area contributed by atoms with Gasteiger partial charge in [-0.2, -0.15) is 0 Å². The monoisotopic (exact) mass is 354 g/mol. The lowest BCUT2D eigenvalue weighted by atomic mass is 10.1. The zero-order valence-corrected chi connectivity index (χ0v) is 14.7. The number of nitrogens with zero attached hydrogens (tertiary/aromatic N) is 1. The van der Waals surface area contributed by atoms with Gasteiger partial charge in [0.25, 0.3) is 0 Å². The molecule has 3 rings (SSSR count). The second-order valence-electron chi connectivity index (χ2n) is 6.36. The van der Waals surface area contributed by atoms with Crippen LogP contribution in [0.5, 0.6) is 0 Å². The first kappa shape index (κ1) is 18.0. The quantitative estimate of drug-likeness (QED) is 0.727. The number of halogens is 2. The third-order valence-corrected chi connectivity index (χ3v) is 4.50. The van der Waals surface area contributed by atoms with Crippen molar-refractivity contribution in [3.8, 4) is 0 Å². The summed E-state index contributed by atoms with van der Waals surface area (Å²) in [6, 6.07) is 17.1. The van der Waals surface area contributed by atoms with Crippen molar-refractivity contribution in [1.29, 1.82) is 0 Å². The Bertz CT molecular complexity index is 922. The maximum atomic E-state index is 13.7. The van der Waals surface area contributed by atoms with E-state index in [0.717, 1.165) is 28.5 Å². The van der Waals surface area contributed by atoms with Crippen LogP contribution in [0.4, 0.5) is 14.5 Å². The van der Waals surface area contributed by atoms with E-state index in [4.69, 9.17) is 0 Å². The molecule has 0 aromatic heterocycles. The lowest BCUT2D eigenvalue weighted by Crippen LogP contribution is -2.39. The first-order valence-electron chi connectivity index (χ1n) is 8.38. The summed E-state index contributed by atoms with van der Waals surface area (Å²) in [4.78, 5) is 14.2. The standard InChI is InChI=1S/C21H20F2N2O/c1-14(21(26)24-20-18(22)8-5-9-19(20)23)25(2)13-15-10-11-16-6-3-4-7-17(16)12-15/h3-12,14H,13H2,1-2H3,(H,24,26). The Morgan fingerprint density at radius 1 is 1.00 bits per heavy atom. The molecule has 1 amide bonds. The van der Waals surface area contributed by atoms with Crippen LogP contribution in [0.1, 0.15) is 12.5 Å². The molecule has 0 bridgehead atoms. The van der Waals surface area contributed by atoms with Crippen LogP contribution >= 0.6 is 0 Å². The summed E-state index contributed by atoms with van der Waals surface area (Å²) in [6.07, 6.45) is 0. The topological polar surface area (TPSA) is 32.3 Å². The average Bonchev–Trinajstić information content (AvgIpc) is 2.64. The van der Waals surface area contributed by atoms with E-state index in [1.54, 1.807) is 14.0 Å². The Morgan fingerprint density at radius 3 is 2.35 bits per heavy atom. The molecule has 0 saturated heterocycles. The number of hydrogen-bond donors (Lipinski definition) is 1. The molecule has 1 atom stereocenters. The van der Waals surface area contributed by atoms with Crippen molar-refractivity contribution in [3.05, 3.63) is 77.9 Å². The van der Waals surface area contributed by atoms with Crippen LogP contribution in [0.15, 0.2) is 60.7 Å². The summed E-state index contributed by atoms with van der Waals surface area (Å²) in [5, 5.41) is 4.63. The van der Waals surface area contributed by atoms with Crippen molar-refractivity contribution in [3.63, 3.8) is 0 Å². The van der Waals surface area contributed by atoms with Crippen LogP contribution in [0.2, 0.25) is 0 Å². The van der Waals surface area contributed by atoms with Gasteiger partial charge in [-0.15, -0.1) is 0 Å². The highest BCUT2D eigenvalue weighted by atomic mass is 19.1. The fourth-order valence-electron chi connectivity index (χ4n) is 2.81. The van der Waals surface area contributed by atoms with Crippen LogP contribution in [0, 0.1) is 11.6 Å². The Balaban J connectivity index is 1.70. The average molecular weight is 354 g/mol. The Kier molecular flexibility index (Phi) is 5.28. The van der Waals surface area contributed by atoms with Gasteiger partial charge in [-0.25, -0.2) is 8.78 Å². The predicted molar refractivity (Wildman–Crippen MR) is 99.9 cm³/mol. The second-order valence-corrected chi connectivity index (χ2v) is 6.36. The number of carbonyl (C=O) groups excluding carboxylic acids is 1. The molecule has 134 valence electrons. The summed E-state index contributed by atoms with van der Waals surface area (Å²) >= 11 is 0. The zero-order chi connectivity index (χ0) is 18.7. The van der Waals surface area contributed by atoms with Crippen LogP contribution in [0.25, 0.3) is 10.8 Å². The number of benzene rings is 3. The van der Waals surface area contributed by atoms with E-state index in [2.05, 4.69) is 11.4 Å².